The van der Waals surface area contributed by atoms with Gasteiger partial charge in [-0.15, -0.1) is 0 Å². The fourth-order valence-electron chi connectivity index (χ4n) is 1.71. The molecule has 2 bridgehead atoms. The zero-order valence-electron chi connectivity index (χ0n) is 6.46. The van der Waals surface area contributed by atoms with Crippen LogP contribution >= 0.6 is 0 Å². The lowest BCUT2D eigenvalue weighted by Crippen LogP contribution is -2.41. The summed E-state index contributed by atoms with van der Waals surface area (Å²) in [6.07, 6.45) is 0.664. The monoisotopic (exact) mass is 160 g/mol. The van der Waals surface area contributed by atoms with E-state index in [-0.39, 0.29) is 18.3 Å². The lowest BCUT2D eigenvalue weighted by molar-refractivity contribution is 0.0427. The molecule has 0 N–H and O–H groups in total. The quantitative estimate of drug-likeness (QED) is 0.490. The smallest absolute Gasteiger partial charge is 0.368 e. The Bertz CT molecular complexity index is 149. The van der Waals surface area contributed by atoms with Crippen molar-refractivity contribution in [2.75, 3.05) is 0 Å². The highest BCUT2D eigenvalue weighted by Crippen LogP contribution is 2.36. The maximum atomic E-state index is 5.58. The van der Waals surface area contributed by atoms with Crippen molar-refractivity contribution >= 4 is 8.80 Å². The van der Waals surface area contributed by atoms with Gasteiger partial charge in [0.1, 0.15) is 0 Å². The first-order valence-corrected chi connectivity index (χ1v) is 5.87. The van der Waals surface area contributed by atoms with Gasteiger partial charge < -0.3 is 13.3 Å². The third kappa shape index (κ3) is 0.764. The van der Waals surface area contributed by atoms with Gasteiger partial charge in [0.15, 0.2) is 0 Å². The summed E-state index contributed by atoms with van der Waals surface area (Å²) in [6, 6.07) is 0. The molecule has 2 atom stereocenters. The first-order valence-electron chi connectivity index (χ1n) is 3.64. The van der Waals surface area contributed by atoms with Crippen LogP contribution in [0.2, 0.25) is 6.55 Å². The summed E-state index contributed by atoms with van der Waals surface area (Å²) < 4.78 is 16.6. The number of fused-ring (bicyclic) bond motifs is 2. The van der Waals surface area contributed by atoms with Crippen molar-refractivity contribution in [1.29, 1.82) is 0 Å². The molecular formula is C6H12O3Si. The molecule has 2 fully saturated rings. The van der Waals surface area contributed by atoms with E-state index in [0.29, 0.717) is 0 Å². The van der Waals surface area contributed by atoms with E-state index in [2.05, 4.69) is 0 Å². The maximum Gasteiger partial charge on any atom is 0.498 e. The molecule has 4 heteroatoms. The van der Waals surface area contributed by atoms with Crippen molar-refractivity contribution in [1.82, 2.24) is 0 Å². The molecule has 0 spiro atoms. The molecule has 0 amide bonds. The second kappa shape index (κ2) is 1.82. The molecule has 2 unspecified atom stereocenters. The molecule has 2 aliphatic heterocycles. The number of rotatable bonds is 0. The summed E-state index contributed by atoms with van der Waals surface area (Å²) in [5.41, 5.74) is 0. The molecule has 2 rings (SSSR count). The summed E-state index contributed by atoms with van der Waals surface area (Å²) in [6.45, 7) is 6.04. The average molecular weight is 160 g/mol. The van der Waals surface area contributed by atoms with E-state index < -0.39 is 8.80 Å². The first-order chi connectivity index (χ1) is 4.61. The van der Waals surface area contributed by atoms with E-state index in [4.69, 9.17) is 13.3 Å². The molecular weight excluding hydrogens is 148 g/mol. The second-order valence-electron chi connectivity index (χ2n) is 3.09. The van der Waals surface area contributed by atoms with Gasteiger partial charge in [-0.05, 0) is 13.8 Å². The van der Waals surface area contributed by atoms with Gasteiger partial charge in [-0.2, -0.15) is 0 Å². The molecule has 0 aliphatic carbocycles. The van der Waals surface area contributed by atoms with Gasteiger partial charge in [-0.3, -0.25) is 0 Å². The third-order valence-electron chi connectivity index (χ3n) is 2.08. The fraction of sp³-hybridized carbons (Fsp3) is 1.00. The minimum atomic E-state index is -2.11. The van der Waals surface area contributed by atoms with Crippen LogP contribution in [0.5, 0.6) is 0 Å². The zero-order chi connectivity index (χ0) is 7.35. The summed E-state index contributed by atoms with van der Waals surface area (Å²) in [4.78, 5) is 0. The number of hydrogen-bond acceptors (Lipinski definition) is 3. The predicted molar refractivity (Wildman–Crippen MR) is 37.6 cm³/mol. The van der Waals surface area contributed by atoms with Crippen molar-refractivity contribution in [3.63, 3.8) is 0 Å². The number of hydrogen-bond donors (Lipinski definition) is 0. The lowest BCUT2D eigenvalue weighted by Gasteiger charge is -2.24. The van der Waals surface area contributed by atoms with Crippen molar-refractivity contribution in [3.8, 4) is 0 Å². The fourth-order valence-corrected chi connectivity index (χ4v) is 4.38. The maximum absolute atomic E-state index is 5.58. The minimum absolute atomic E-state index is 0.191. The van der Waals surface area contributed by atoms with Crippen LogP contribution in [-0.4, -0.2) is 27.1 Å². The SMILES string of the molecule is CC1O[Si]2(C)OC(C)C1O2. The highest BCUT2D eigenvalue weighted by molar-refractivity contribution is 6.60. The van der Waals surface area contributed by atoms with E-state index in [9.17, 15) is 0 Å². The Kier molecular flexibility index (Phi) is 1.24. The van der Waals surface area contributed by atoms with Gasteiger partial charge in [-0.1, -0.05) is 0 Å². The molecule has 2 aliphatic rings. The summed E-state index contributed by atoms with van der Waals surface area (Å²) in [7, 11) is -2.11. The van der Waals surface area contributed by atoms with Crippen LogP contribution in [-0.2, 0) is 13.3 Å². The highest BCUT2D eigenvalue weighted by atomic mass is 28.4. The van der Waals surface area contributed by atoms with Gasteiger partial charge in [-0.25, -0.2) is 0 Å². The Balaban J connectivity index is 2.21. The van der Waals surface area contributed by atoms with Gasteiger partial charge in [0, 0.05) is 6.55 Å². The zero-order valence-corrected chi connectivity index (χ0v) is 7.46. The molecule has 2 saturated heterocycles. The normalized spacial score (nSPS) is 59.7. The van der Waals surface area contributed by atoms with E-state index in [1.165, 1.54) is 0 Å². The second-order valence-corrected chi connectivity index (χ2v) is 5.52. The molecule has 3 nitrogen and oxygen atoms in total. The van der Waals surface area contributed by atoms with Crippen molar-refractivity contribution in [2.24, 2.45) is 0 Å². The minimum Gasteiger partial charge on any atom is -0.368 e. The topological polar surface area (TPSA) is 27.7 Å². The van der Waals surface area contributed by atoms with Crippen LogP contribution in [0.3, 0.4) is 0 Å². The van der Waals surface area contributed by atoms with Gasteiger partial charge in [0.05, 0.1) is 18.3 Å². The van der Waals surface area contributed by atoms with E-state index in [1.54, 1.807) is 0 Å². The largest absolute Gasteiger partial charge is 0.498 e. The Labute approximate surface area is 61.6 Å². The van der Waals surface area contributed by atoms with E-state index in [0.717, 1.165) is 0 Å². The predicted octanol–water partition coefficient (Wildman–Crippen LogP) is 0.778. The van der Waals surface area contributed by atoms with Gasteiger partial charge >= 0.3 is 8.80 Å². The Morgan fingerprint density at radius 3 is 1.70 bits per heavy atom. The summed E-state index contributed by atoms with van der Waals surface area (Å²) in [5, 5.41) is 0. The van der Waals surface area contributed by atoms with Crippen molar-refractivity contribution in [2.45, 2.75) is 38.7 Å². The first kappa shape index (κ1) is 6.79. The lowest BCUT2D eigenvalue weighted by atomic mass is 10.1. The standard InChI is InChI=1S/C6H12O3Si/c1-4-6-5(2)8-10(3,7-4)9-6/h4-6H,1-3H3. The Hall–Kier alpha value is 0.0969. The van der Waals surface area contributed by atoms with Gasteiger partial charge in [0.2, 0.25) is 0 Å². The summed E-state index contributed by atoms with van der Waals surface area (Å²) in [5.74, 6) is 0. The van der Waals surface area contributed by atoms with Gasteiger partial charge in [0.25, 0.3) is 0 Å². The van der Waals surface area contributed by atoms with Crippen LogP contribution in [0.4, 0.5) is 0 Å². The highest BCUT2D eigenvalue weighted by Gasteiger charge is 2.57. The molecule has 0 aromatic carbocycles. The van der Waals surface area contributed by atoms with E-state index in [1.807, 2.05) is 20.4 Å². The van der Waals surface area contributed by atoms with Crippen LogP contribution in [0.25, 0.3) is 0 Å². The van der Waals surface area contributed by atoms with E-state index >= 15 is 0 Å². The van der Waals surface area contributed by atoms with Crippen LogP contribution in [0.1, 0.15) is 13.8 Å². The molecule has 58 valence electrons. The van der Waals surface area contributed by atoms with Crippen LogP contribution in [0, 0.1) is 0 Å². The molecule has 0 aromatic rings. The molecule has 0 aromatic heterocycles. The van der Waals surface area contributed by atoms with Crippen LogP contribution < -0.4 is 0 Å². The average Bonchev–Trinajstić information content (AvgIpc) is 2.17. The summed E-state index contributed by atoms with van der Waals surface area (Å²) >= 11 is 0. The molecule has 2 heterocycles. The molecule has 10 heavy (non-hydrogen) atoms. The Morgan fingerprint density at radius 2 is 1.50 bits per heavy atom. The van der Waals surface area contributed by atoms with Crippen molar-refractivity contribution < 1.29 is 13.3 Å². The van der Waals surface area contributed by atoms with Crippen LogP contribution in [0.15, 0.2) is 0 Å². The third-order valence-corrected chi connectivity index (χ3v) is 4.38. The Morgan fingerprint density at radius 1 is 1.00 bits per heavy atom. The molecule has 0 saturated carbocycles. The molecule has 0 radical (unpaired) electrons. The van der Waals surface area contributed by atoms with Crippen molar-refractivity contribution in [3.05, 3.63) is 0 Å².